The van der Waals surface area contributed by atoms with E-state index in [1.807, 2.05) is 18.2 Å². The molecule has 0 heterocycles. The number of carbonyl (C=O) groups is 1. The second-order valence-corrected chi connectivity index (χ2v) is 6.20. The number of nitrogens with zero attached hydrogens (tertiary/aromatic N) is 1. The van der Waals surface area contributed by atoms with Crippen LogP contribution in [0.2, 0.25) is 0 Å². The van der Waals surface area contributed by atoms with Crippen LogP contribution in [-0.2, 0) is 17.6 Å². The van der Waals surface area contributed by atoms with E-state index < -0.39 is 4.92 Å². The van der Waals surface area contributed by atoms with Crippen molar-refractivity contribution in [3.05, 3.63) is 63.2 Å². The van der Waals surface area contributed by atoms with Crippen LogP contribution in [0.25, 0.3) is 0 Å². The van der Waals surface area contributed by atoms with Gasteiger partial charge in [-0.3, -0.25) is 14.9 Å². The first kappa shape index (κ1) is 17.9. The molecule has 1 amide bonds. The Morgan fingerprint density at radius 2 is 2.00 bits per heavy atom. The number of aryl methyl sites for hydroxylation is 2. The van der Waals surface area contributed by atoms with Gasteiger partial charge in [0.2, 0.25) is 0 Å². The molecule has 2 aromatic carbocycles. The van der Waals surface area contributed by atoms with Crippen LogP contribution in [-0.4, -0.2) is 31.1 Å². The second kappa shape index (κ2) is 7.97. The quantitative estimate of drug-likeness (QED) is 0.451. The maximum atomic E-state index is 12.7. The number of amides is 1. The van der Waals surface area contributed by atoms with E-state index in [1.54, 1.807) is 13.2 Å². The fourth-order valence-electron chi connectivity index (χ4n) is 3.12. The highest BCUT2D eigenvalue weighted by atomic mass is 16.6. The van der Waals surface area contributed by atoms with Gasteiger partial charge in [-0.15, -0.1) is 0 Å². The Bertz CT molecular complexity index is 836. The molecule has 26 heavy (non-hydrogen) atoms. The molecule has 0 bridgehead atoms. The molecule has 1 aliphatic rings. The summed E-state index contributed by atoms with van der Waals surface area (Å²) in [7, 11) is 1.58. The first-order valence-corrected chi connectivity index (χ1v) is 8.53. The van der Waals surface area contributed by atoms with Crippen molar-refractivity contribution in [3.63, 3.8) is 0 Å². The van der Waals surface area contributed by atoms with Crippen molar-refractivity contribution in [2.24, 2.45) is 0 Å². The zero-order valence-electron chi connectivity index (χ0n) is 14.6. The molecule has 0 aromatic heterocycles. The molecule has 7 nitrogen and oxygen atoms in total. The third kappa shape index (κ3) is 4.00. The van der Waals surface area contributed by atoms with Gasteiger partial charge < -0.3 is 15.4 Å². The molecule has 2 N–H and O–H groups in total. The van der Waals surface area contributed by atoms with Gasteiger partial charge in [0.1, 0.15) is 0 Å². The van der Waals surface area contributed by atoms with E-state index >= 15 is 0 Å². The van der Waals surface area contributed by atoms with E-state index in [0.717, 1.165) is 19.3 Å². The maximum absolute atomic E-state index is 12.7. The molecule has 2 aromatic rings. The maximum Gasteiger partial charge on any atom is 0.270 e. The van der Waals surface area contributed by atoms with Gasteiger partial charge in [0, 0.05) is 37.2 Å². The summed E-state index contributed by atoms with van der Waals surface area (Å²) in [6, 6.07) is 10.1. The summed E-state index contributed by atoms with van der Waals surface area (Å²) in [5.41, 5.74) is 3.91. The SMILES string of the molecule is COCCNc1ccc([N+](=O)[O-])cc1C(=O)Nc1ccc2c(c1)CCC2. The standard InChI is InChI=1S/C19H21N3O4/c1-26-10-9-20-18-8-7-16(22(24)25)12-17(18)19(23)21-15-6-5-13-3-2-4-14(13)11-15/h5-8,11-12,20H,2-4,9-10H2,1H3,(H,21,23). The van der Waals surface area contributed by atoms with Crippen LogP contribution in [0.15, 0.2) is 36.4 Å². The molecule has 0 fully saturated rings. The summed E-state index contributed by atoms with van der Waals surface area (Å²) in [5, 5.41) is 17.0. The minimum absolute atomic E-state index is 0.124. The first-order valence-electron chi connectivity index (χ1n) is 8.53. The van der Waals surface area contributed by atoms with E-state index in [0.29, 0.717) is 24.5 Å². The highest BCUT2D eigenvalue weighted by molar-refractivity contribution is 6.08. The number of carbonyl (C=O) groups excluding carboxylic acids is 1. The van der Waals surface area contributed by atoms with Crippen LogP contribution >= 0.6 is 0 Å². The molecule has 0 saturated carbocycles. The Balaban J connectivity index is 1.83. The first-order chi connectivity index (χ1) is 12.6. The molecule has 7 heteroatoms. The number of anilines is 2. The monoisotopic (exact) mass is 355 g/mol. The number of non-ortho nitro benzene ring substituents is 1. The molecule has 0 spiro atoms. The number of methoxy groups -OCH3 is 1. The Morgan fingerprint density at radius 1 is 1.19 bits per heavy atom. The smallest absolute Gasteiger partial charge is 0.270 e. The topological polar surface area (TPSA) is 93.5 Å². The molecule has 0 radical (unpaired) electrons. The van der Waals surface area contributed by atoms with Gasteiger partial charge >= 0.3 is 0 Å². The van der Waals surface area contributed by atoms with Crippen LogP contribution < -0.4 is 10.6 Å². The summed E-state index contributed by atoms with van der Waals surface area (Å²) in [6.45, 7) is 0.955. The number of nitro groups is 1. The third-order valence-electron chi connectivity index (χ3n) is 4.44. The largest absolute Gasteiger partial charge is 0.383 e. The lowest BCUT2D eigenvalue weighted by molar-refractivity contribution is -0.384. The molecule has 0 saturated heterocycles. The number of hydrogen-bond acceptors (Lipinski definition) is 5. The molecule has 0 atom stereocenters. The van der Waals surface area contributed by atoms with E-state index in [-0.39, 0.29) is 17.2 Å². The number of nitro benzene ring substituents is 1. The molecule has 0 aliphatic heterocycles. The van der Waals surface area contributed by atoms with Crippen LogP contribution in [0.1, 0.15) is 27.9 Å². The van der Waals surface area contributed by atoms with E-state index in [9.17, 15) is 14.9 Å². The number of rotatable bonds is 7. The Labute approximate surface area is 151 Å². The van der Waals surface area contributed by atoms with Crippen molar-refractivity contribution in [2.75, 3.05) is 30.9 Å². The molecule has 1 aliphatic carbocycles. The summed E-state index contributed by atoms with van der Waals surface area (Å²) < 4.78 is 4.99. The molecular formula is C19H21N3O4. The molecule has 3 rings (SSSR count). The number of fused-ring (bicyclic) bond motifs is 1. The van der Waals surface area contributed by atoms with Crippen LogP contribution in [0.3, 0.4) is 0 Å². The van der Waals surface area contributed by atoms with Crippen molar-refractivity contribution in [1.82, 2.24) is 0 Å². The lowest BCUT2D eigenvalue weighted by Crippen LogP contribution is -2.17. The highest BCUT2D eigenvalue weighted by Gasteiger charge is 2.18. The third-order valence-corrected chi connectivity index (χ3v) is 4.44. The van der Waals surface area contributed by atoms with Crippen molar-refractivity contribution in [2.45, 2.75) is 19.3 Å². The van der Waals surface area contributed by atoms with Gasteiger partial charge in [-0.2, -0.15) is 0 Å². The van der Waals surface area contributed by atoms with Crippen LogP contribution in [0, 0.1) is 10.1 Å². The van der Waals surface area contributed by atoms with Crippen molar-refractivity contribution >= 4 is 23.0 Å². The van der Waals surface area contributed by atoms with Gasteiger partial charge in [-0.25, -0.2) is 0 Å². The summed E-state index contributed by atoms with van der Waals surface area (Å²) >= 11 is 0. The Hall–Kier alpha value is -2.93. The number of hydrogen-bond donors (Lipinski definition) is 2. The second-order valence-electron chi connectivity index (χ2n) is 6.20. The number of nitrogens with one attached hydrogen (secondary N) is 2. The zero-order valence-corrected chi connectivity index (χ0v) is 14.6. The minimum Gasteiger partial charge on any atom is -0.383 e. The summed E-state index contributed by atoms with van der Waals surface area (Å²) in [6.07, 6.45) is 3.22. The van der Waals surface area contributed by atoms with E-state index in [1.165, 1.54) is 23.3 Å². The fraction of sp³-hybridized carbons (Fsp3) is 0.316. The van der Waals surface area contributed by atoms with Crippen LogP contribution in [0.4, 0.5) is 17.1 Å². The Kier molecular flexibility index (Phi) is 5.48. The molecule has 136 valence electrons. The van der Waals surface area contributed by atoms with Gasteiger partial charge in [0.05, 0.1) is 17.1 Å². The van der Waals surface area contributed by atoms with E-state index in [4.69, 9.17) is 4.74 Å². The average molecular weight is 355 g/mol. The van der Waals surface area contributed by atoms with Gasteiger partial charge in [0.25, 0.3) is 11.6 Å². The fourth-order valence-corrected chi connectivity index (χ4v) is 3.12. The van der Waals surface area contributed by atoms with Crippen molar-refractivity contribution in [1.29, 1.82) is 0 Å². The van der Waals surface area contributed by atoms with Gasteiger partial charge in [-0.1, -0.05) is 6.07 Å². The predicted molar refractivity (Wildman–Crippen MR) is 99.9 cm³/mol. The van der Waals surface area contributed by atoms with Crippen LogP contribution in [0.5, 0.6) is 0 Å². The number of benzene rings is 2. The van der Waals surface area contributed by atoms with Gasteiger partial charge in [-0.05, 0) is 48.6 Å². The van der Waals surface area contributed by atoms with Crippen molar-refractivity contribution in [3.8, 4) is 0 Å². The Morgan fingerprint density at radius 3 is 2.77 bits per heavy atom. The minimum atomic E-state index is -0.509. The zero-order chi connectivity index (χ0) is 18.5. The normalized spacial score (nSPS) is 12.5. The summed E-state index contributed by atoms with van der Waals surface area (Å²) in [4.78, 5) is 23.3. The van der Waals surface area contributed by atoms with Gasteiger partial charge in [0.15, 0.2) is 0 Å². The highest BCUT2D eigenvalue weighted by Crippen LogP contribution is 2.27. The van der Waals surface area contributed by atoms with E-state index in [2.05, 4.69) is 10.6 Å². The lowest BCUT2D eigenvalue weighted by atomic mass is 10.1. The predicted octanol–water partition coefficient (Wildman–Crippen LogP) is 3.39. The summed E-state index contributed by atoms with van der Waals surface area (Å²) in [5.74, 6) is -0.383. The van der Waals surface area contributed by atoms with Crippen molar-refractivity contribution < 1.29 is 14.5 Å². The molecular weight excluding hydrogens is 334 g/mol. The average Bonchev–Trinajstić information content (AvgIpc) is 3.09. The molecule has 0 unspecified atom stereocenters. The number of ether oxygens (including phenoxy) is 1. The lowest BCUT2D eigenvalue weighted by Gasteiger charge is -2.13.